The van der Waals surface area contributed by atoms with Crippen LogP contribution in [0.4, 0.5) is 5.69 Å². The molecule has 1 heterocycles. The van der Waals surface area contributed by atoms with Gasteiger partial charge in [0, 0.05) is 18.3 Å². The third kappa shape index (κ3) is 2.52. The highest BCUT2D eigenvalue weighted by Gasteiger charge is 2.23. The number of fused-ring (bicyclic) bond motifs is 1. The molecule has 98 valence electrons. The van der Waals surface area contributed by atoms with Gasteiger partial charge in [0.1, 0.15) is 11.9 Å². The maximum absolute atomic E-state index is 4.82. The molecule has 3 rings (SSSR count). The van der Waals surface area contributed by atoms with Gasteiger partial charge in [-0.3, -0.25) is 4.99 Å². The summed E-state index contributed by atoms with van der Waals surface area (Å²) in [5.74, 6) is 1.06. The van der Waals surface area contributed by atoms with Gasteiger partial charge in [-0.05, 0) is 18.6 Å². The smallest absolute Gasteiger partial charge is 0.104 e. The number of benzene rings is 2. The summed E-state index contributed by atoms with van der Waals surface area (Å²) in [5, 5.41) is 0. The Kier molecular flexibility index (Phi) is 4.24. The van der Waals surface area contributed by atoms with Crippen molar-refractivity contribution in [2.75, 3.05) is 11.9 Å². The van der Waals surface area contributed by atoms with Crippen molar-refractivity contribution in [3.05, 3.63) is 65.7 Å². The Morgan fingerprint density at radius 3 is 2.32 bits per heavy atom. The molecule has 1 aliphatic rings. The fourth-order valence-corrected chi connectivity index (χ4v) is 2.43. The summed E-state index contributed by atoms with van der Waals surface area (Å²) >= 11 is 0. The molecule has 2 aromatic rings. The lowest BCUT2D eigenvalue weighted by Gasteiger charge is -2.31. The number of nitrogens with zero attached hydrogens (tertiary/aromatic N) is 2. The van der Waals surface area contributed by atoms with E-state index in [1.165, 1.54) is 16.8 Å². The molecule has 0 saturated carbocycles. The van der Waals surface area contributed by atoms with Crippen molar-refractivity contribution >= 4 is 35.5 Å². The lowest BCUT2D eigenvalue weighted by atomic mass is 9.96. The standard InChI is InChI=1S/C16H16N2.HI/c1-12-17-16(13-8-4-3-5-9-13)14-10-6-7-11-15(14)18(12)2;/h3-11,16H,1-2H3;1H. The summed E-state index contributed by atoms with van der Waals surface area (Å²) in [6, 6.07) is 19.1. The highest BCUT2D eigenvalue weighted by atomic mass is 127. The average Bonchev–Trinajstić information content (AvgIpc) is 2.44. The second-order valence-electron chi connectivity index (χ2n) is 4.61. The third-order valence-corrected chi connectivity index (χ3v) is 3.51. The maximum Gasteiger partial charge on any atom is 0.104 e. The maximum atomic E-state index is 4.82. The van der Waals surface area contributed by atoms with Crippen molar-refractivity contribution in [1.82, 2.24) is 0 Å². The van der Waals surface area contributed by atoms with E-state index < -0.39 is 0 Å². The number of anilines is 1. The van der Waals surface area contributed by atoms with Crippen molar-refractivity contribution in [2.45, 2.75) is 13.0 Å². The third-order valence-electron chi connectivity index (χ3n) is 3.51. The van der Waals surface area contributed by atoms with Crippen molar-refractivity contribution < 1.29 is 0 Å². The minimum Gasteiger partial charge on any atom is -0.333 e. The van der Waals surface area contributed by atoms with Crippen LogP contribution in [0.15, 0.2) is 59.6 Å². The summed E-state index contributed by atoms with van der Waals surface area (Å²) < 4.78 is 0. The van der Waals surface area contributed by atoms with Crippen LogP contribution in [0, 0.1) is 0 Å². The van der Waals surface area contributed by atoms with E-state index in [2.05, 4.69) is 67.4 Å². The zero-order valence-electron chi connectivity index (χ0n) is 11.1. The van der Waals surface area contributed by atoms with E-state index in [0.717, 1.165) is 5.84 Å². The van der Waals surface area contributed by atoms with Gasteiger partial charge < -0.3 is 4.90 Å². The molecule has 0 spiro atoms. The number of rotatable bonds is 1. The number of amidine groups is 1. The molecule has 0 fully saturated rings. The first-order chi connectivity index (χ1) is 8.77. The van der Waals surface area contributed by atoms with Crippen molar-refractivity contribution in [1.29, 1.82) is 0 Å². The highest BCUT2D eigenvalue weighted by Crippen LogP contribution is 2.36. The van der Waals surface area contributed by atoms with E-state index in [-0.39, 0.29) is 30.0 Å². The average molecular weight is 364 g/mol. The molecule has 1 aliphatic heterocycles. The first kappa shape index (κ1) is 14.1. The van der Waals surface area contributed by atoms with Gasteiger partial charge in [-0.15, -0.1) is 24.0 Å². The van der Waals surface area contributed by atoms with Crippen LogP contribution in [0.5, 0.6) is 0 Å². The van der Waals surface area contributed by atoms with Gasteiger partial charge in [0.05, 0.1) is 0 Å². The van der Waals surface area contributed by atoms with E-state index in [0.29, 0.717) is 0 Å². The molecular formula is C16H17IN2. The topological polar surface area (TPSA) is 15.6 Å². The molecule has 0 aliphatic carbocycles. The SMILES string of the molecule is CC1=NC(c2ccccc2)c2ccccc2N1C.I. The zero-order chi connectivity index (χ0) is 12.5. The largest absolute Gasteiger partial charge is 0.333 e. The highest BCUT2D eigenvalue weighted by molar-refractivity contribution is 14.0. The zero-order valence-corrected chi connectivity index (χ0v) is 13.4. The van der Waals surface area contributed by atoms with Gasteiger partial charge in [0.25, 0.3) is 0 Å². The Morgan fingerprint density at radius 2 is 1.58 bits per heavy atom. The molecule has 0 N–H and O–H groups in total. The number of aliphatic imine (C=N–C) groups is 1. The Hall–Kier alpha value is -1.36. The Labute approximate surface area is 131 Å². The van der Waals surface area contributed by atoms with E-state index in [4.69, 9.17) is 4.99 Å². The minimum absolute atomic E-state index is 0. The predicted molar refractivity (Wildman–Crippen MR) is 91.7 cm³/mol. The van der Waals surface area contributed by atoms with Crippen LogP contribution in [0.2, 0.25) is 0 Å². The Bertz CT molecular complexity index is 593. The fraction of sp³-hybridized carbons (Fsp3) is 0.188. The van der Waals surface area contributed by atoms with Gasteiger partial charge in [-0.1, -0.05) is 48.5 Å². The summed E-state index contributed by atoms with van der Waals surface area (Å²) in [6.45, 7) is 2.06. The van der Waals surface area contributed by atoms with E-state index in [1.54, 1.807) is 0 Å². The minimum atomic E-state index is 0. The van der Waals surface area contributed by atoms with Gasteiger partial charge in [0.15, 0.2) is 0 Å². The number of para-hydroxylation sites is 1. The number of halogens is 1. The molecule has 0 aromatic heterocycles. The Balaban J connectivity index is 0.00000133. The monoisotopic (exact) mass is 364 g/mol. The molecule has 1 atom stereocenters. The molecule has 2 nitrogen and oxygen atoms in total. The summed E-state index contributed by atoms with van der Waals surface area (Å²) in [7, 11) is 2.07. The molecule has 0 radical (unpaired) electrons. The van der Waals surface area contributed by atoms with Crippen molar-refractivity contribution in [3.63, 3.8) is 0 Å². The van der Waals surface area contributed by atoms with Crippen LogP contribution < -0.4 is 4.90 Å². The fourth-order valence-electron chi connectivity index (χ4n) is 2.43. The van der Waals surface area contributed by atoms with Crippen LogP contribution in [-0.2, 0) is 0 Å². The van der Waals surface area contributed by atoms with Gasteiger partial charge in [0.2, 0.25) is 0 Å². The summed E-state index contributed by atoms with van der Waals surface area (Å²) in [4.78, 5) is 6.96. The molecule has 2 aromatic carbocycles. The first-order valence-electron chi connectivity index (χ1n) is 6.19. The summed E-state index contributed by atoms with van der Waals surface area (Å²) in [5.41, 5.74) is 3.77. The first-order valence-corrected chi connectivity index (χ1v) is 6.19. The lowest BCUT2D eigenvalue weighted by Crippen LogP contribution is -2.29. The van der Waals surface area contributed by atoms with Gasteiger partial charge in [-0.2, -0.15) is 0 Å². The molecule has 0 amide bonds. The van der Waals surface area contributed by atoms with E-state index in [1.807, 2.05) is 6.07 Å². The number of hydrogen-bond donors (Lipinski definition) is 0. The molecule has 0 bridgehead atoms. The van der Waals surface area contributed by atoms with Gasteiger partial charge >= 0.3 is 0 Å². The Morgan fingerprint density at radius 1 is 0.947 bits per heavy atom. The van der Waals surface area contributed by atoms with Crippen LogP contribution >= 0.6 is 24.0 Å². The molecule has 0 saturated heterocycles. The second-order valence-corrected chi connectivity index (χ2v) is 4.61. The van der Waals surface area contributed by atoms with Crippen LogP contribution in [-0.4, -0.2) is 12.9 Å². The van der Waals surface area contributed by atoms with Crippen molar-refractivity contribution in [3.8, 4) is 0 Å². The molecular weight excluding hydrogens is 347 g/mol. The van der Waals surface area contributed by atoms with Crippen LogP contribution in [0.3, 0.4) is 0 Å². The predicted octanol–water partition coefficient (Wildman–Crippen LogP) is 4.26. The van der Waals surface area contributed by atoms with E-state index in [9.17, 15) is 0 Å². The normalized spacial score (nSPS) is 17.3. The number of hydrogen-bond acceptors (Lipinski definition) is 2. The molecule has 3 heteroatoms. The van der Waals surface area contributed by atoms with Crippen LogP contribution in [0.1, 0.15) is 24.1 Å². The van der Waals surface area contributed by atoms with Crippen molar-refractivity contribution in [2.24, 2.45) is 4.99 Å². The quantitative estimate of drug-likeness (QED) is 0.691. The van der Waals surface area contributed by atoms with Gasteiger partial charge in [-0.25, -0.2) is 0 Å². The molecule has 19 heavy (non-hydrogen) atoms. The second kappa shape index (κ2) is 5.74. The summed E-state index contributed by atoms with van der Waals surface area (Å²) in [6.07, 6.45) is 0. The molecule has 1 unspecified atom stereocenters. The lowest BCUT2D eigenvalue weighted by molar-refractivity contribution is 0.842. The van der Waals surface area contributed by atoms with E-state index >= 15 is 0 Å². The van der Waals surface area contributed by atoms with Crippen LogP contribution in [0.25, 0.3) is 0 Å².